The van der Waals surface area contributed by atoms with Gasteiger partial charge in [-0.05, 0) is 30.3 Å². The van der Waals surface area contributed by atoms with Gasteiger partial charge in [0.1, 0.15) is 5.75 Å². The smallest absolute Gasteiger partial charge is 0.422 e. The molecule has 162 valence electrons. The van der Waals surface area contributed by atoms with Gasteiger partial charge in [-0.3, -0.25) is 4.79 Å². The quantitative estimate of drug-likeness (QED) is 0.741. The van der Waals surface area contributed by atoms with Crippen LogP contribution in [0.3, 0.4) is 0 Å². The predicted molar refractivity (Wildman–Crippen MR) is 102 cm³/mol. The first kappa shape index (κ1) is 22.1. The number of rotatable bonds is 6. The average molecular weight is 444 g/mol. The summed E-state index contributed by atoms with van der Waals surface area (Å²) in [5.41, 5.74) is 0.0724. The molecular weight excluding hydrogens is 425 g/mol. The molecule has 1 heterocycles. The molecule has 1 aliphatic heterocycles. The van der Waals surface area contributed by atoms with E-state index in [0.717, 1.165) is 0 Å². The third kappa shape index (κ3) is 5.49. The van der Waals surface area contributed by atoms with Crippen molar-refractivity contribution in [3.05, 3.63) is 54.1 Å². The van der Waals surface area contributed by atoms with E-state index in [1.807, 2.05) is 0 Å². The van der Waals surface area contributed by atoms with Gasteiger partial charge >= 0.3 is 6.18 Å². The lowest BCUT2D eigenvalue weighted by Crippen LogP contribution is -2.40. The molecule has 0 bridgehead atoms. The van der Waals surface area contributed by atoms with Crippen LogP contribution in [0.5, 0.6) is 5.75 Å². The molecule has 0 aromatic heterocycles. The Morgan fingerprint density at radius 2 is 1.80 bits per heavy atom. The van der Waals surface area contributed by atoms with Crippen molar-refractivity contribution in [1.29, 1.82) is 0 Å². The van der Waals surface area contributed by atoms with E-state index in [2.05, 4.69) is 5.32 Å². The van der Waals surface area contributed by atoms with Crippen molar-refractivity contribution in [2.24, 2.45) is 0 Å². The maximum atomic E-state index is 12.8. The number of para-hydroxylation sites is 2. The van der Waals surface area contributed by atoms with Gasteiger partial charge in [0.05, 0.1) is 23.8 Å². The molecule has 0 spiro atoms. The highest BCUT2D eigenvalue weighted by Crippen LogP contribution is 2.27. The van der Waals surface area contributed by atoms with Crippen LogP contribution in [0.1, 0.15) is 10.4 Å². The second-order valence-corrected chi connectivity index (χ2v) is 8.34. The number of anilines is 1. The highest BCUT2D eigenvalue weighted by atomic mass is 32.2. The van der Waals surface area contributed by atoms with Crippen molar-refractivity contribution >= 4 is 21.6 Å². The summed E-state index contributed by atoms with van der Waals surface area (Å²) in [5.74, 6) is -0.836. The van der Waals surface area contributed by atoms with Crippen molar-refractivity contribution in [1.82, 2.24) is 4.31 Å². The maximum absolute atomic E-state index is 12.8. The minimum absolute atomic E-state index is 0.0354. The summed E-state index contributed by atoms with van der Waals surface area (Å²) in [4.78, 5) is 12.5. The van der Waals surface area contributed by atoms with Crippen LogP contribution in [0, 0.1) is 0 Å². The lowest BCUT2D eigenvalue weighted by atomic mass is 10.2. The van der Waals surface area contributed by atoms with Crippen LogP contribution in [0.4, 0.5) is 18.9 Å². The lowest BCUT2D eigenvalue weighted by molar-refractivity contribution is -0.153. The number of hydrogen-bond acceptors (Lipinski definition) is 5. The topological polar surface area (TPSA) is 84.9 Å². The Kier molecular flexibility index (Phi) is 6.64. The van der Waals surface area contributed by atoms with Crippen LogP contribution in [0.2, 0.25) is 0 Å². The molecule has 1 amide bonds. The number of carbonyl (C=O) groups is 1. The van der Waals surface area contributed by atoms with Crippen LogP contribution in [0.15, 0.2) is 53.4 Å². The molecule has 1 fully saturated rings. The monoisotopic (exact) mass is 444 g/mol. The molecule has 1 N–H and O–H groups in total. The minimum Gasteiger partial charge on any atom is -0.482 e. The number of hydrogen-bond donors (Lipinski definition) is 1. The number of morpholine rings is 1. The summed E-state index contributed by atoms with van der Waals surface area (Å²) in [7, 11) is -3.80. The molecule has 0 radical (unpaired) electrons. The highest BCUT2D eigenvalue weighted by molar-refractivity contribution is 7.89. The fourth-order valence-electron chi connectivity index (χ4n) is 2.78. The van der Waals surface area contributed by atoms with E-state index in [0.29, 0.717) is 0 Å². The number of ether oxygens (including phenoxy) is 2. The average Bonchev–Trinajstić information content (AvgIpc) is 2.73. The second kappa shape index (κ2) is 9.02. The number of carbonyl (C=O) groups excluding carboxylic acids is 1. The molecule has 2 aromatic carbocycles. The predicted octanol–water partition coefficient (Wildman–Crippen LogP) is 2.90. The summed E-state index contributed by atoms with van der Waals surface area (Å²) in [6, 6.07) is 11.1. The standard InChI is InChI=1S/C19H19F3N2O5S/c20-19(21,22)13-29-17-7-2-1-6-16(17)23-18(25)14-4-3-5-15(12-14)30(26,27)24-8-10-28-11-9-24/h1-7,12H,8-11,13H2,(H,23,25). The van der Waals surface area contributed by atoms with Crippen LogP contribution in [-0.2, 0) is 14.8 Å². The first-order valence-corrected chi connectivity index (χ1v) is 10.4. The second-order valence-electron chi connectivity index (χ2n) is 6.40. The van der Waals surface area contributed by atoms with Crippen LogP contribution in [0.25, 0.3) is 0 Å². The first-order valence-electron chi connectivity index (χ1n) is 8.95. The third-order valence-corrected chi connectivity index (χ3v) is 6.13. The Labute approximate surface area is 171 Å². The molecule has 0 unspecified atom stereocenters. The Morgan fingerprint density at radius 3 is 2.50 bits per heavy atom. The van der Waals surface area contributed by atoms with Gasteiger partial charge in [0.15, 0.2) is 6.61 Å². The summed E-state index contributed by atoms with van der Waals surface area (Å²) in [6.45, 7) is -0.513. The summed E-state index contributed by atoms with van der Waals surface area (Å²) >= 11 is 0. The van der Waals surface area contributed by atoms with Crippen LogP contribution < -0.4 is 10.1 Å². The number of halogens is 3. The van der Waals surface area contributed by atoms with Gasteiger partial charge in [-0.2, -0.15) is 17.5 Å². The van der Waals surface area contributed by atoms with Crippen LogP contribution in [-0.4, -0.2) is 57.7 Å². The van der Waals surface area contributed by atoms with Crippen molar-refractivity contribution in [3.8, 4) is 5.75 Å². The number of nitrogens with zero attached hydrogens (tertiary/aromatic N) is 1. The number of nitrogens with one attached hydrogen (secondary N) is 1. The van der Waals surface area contributed by atoms with E-state index in [1.54, 1.807) is 0 Å². The summed E-state index contributed by atoms with van der Waals surface area (Å²) in [6.07, 6.45) is -4.53. The van der Waals surface area contributed by atoms with E-state index >= 15 is 0 Å². The SMILES string of the molecule is O=C(Nc1ccccc1OCC(F)(F)F)c1cccc(S(=O)(=O)N2CCOCC2)c1. The lowest BCUT2D eigenvalue weighted by Gasteiger charge is -2.26. The molecule has 30 heavy (non-hydrogen) atoms. The van der Waals surface area contributed by atoms with Crippen molar-refractivity contribution in [2.75, 3.05) is 38.2 Å². The van der Waals surface area contributed by atoms with Gasteiger partial charge in [-0.25, -0.2) is 8.42 Å². The van der Waals surface area contributed by atoms with Gasteiger partial charge in [-0.1, -0.05) is 18.2 Å². The zero-order chi connectivity index (χ0) is 21.8. The summed E-state index contributed by atoms with van der Waals surface area (Å²) in [5, 5.41) is 2.46. The largest absolute Gasteiger partial charge is 0.482 e. The first-order chi connectivity index (χ1) is 14.2. The van der Waals surface area contributed by atoms with E-state index in [-0.39, 0.29) is 48.2 Å². The number of sulfonamides is 1. The zero-order valence-electron chi connectivity index (χ0n) is 15.7. The molecule has 0 saturated carbocycles. The molecule has 1 saturated heterocycles. The molecule has 0 aliphatic carbocycles. The van der Waals surface area contributed by atoms with Gasteiger partial charge in [0.2, 0.25) is 10.0 Å². The van der Waals surface area contributed by atoms with Gasteiger partial charge in [-0.15, -0.1) is 0 Å². The Bertz CT molecular complexity index is 1010. The maximum Gasteiger partial charge on any atom is 0.422 e. The van der Waals surface area contributed by atoms with E-state index in [9.17, 15) is 26.4 Å². The fourth-order valence-corrected chi connectivity index (χ4v) is 4.24. The van der Waals surface area contributed by atoms with Crippen molar-refractivity contribution in [2.45, 2.75) is 11.1 Å². The van der Waals surface area contributed by atoms with Gasteiger partial charge in [0.25, 0.3) is 5.91 Å². The third-order valence-electron chi connectivity index (χ3n) is 4.23. The molecule has 2 aromatic rings. The Balaban J connectivity index is 1.78. The van der Waals surface area contributed by atoms with Gasteiger partial charge in [0, 0.05) is 18.7 Å². The highest BCUT2D eigenvalue weighted by Gasteiger charge is 2.29. The van der Waals surface area contributed by atoms with Crippen molar-refractivity contribution in [3.63, 3.8) is 0 Å². The Morgan fingerprint density at radius 1 is 1.10 bits per heavy atom. The Hall–Kier alpha value is -2.63. The van der Waals surface area contributed by atoms with Crippen LogP contribution >= 0.6 is 0 Å². The van der Waals surface area contributed by atoms with Gasteiger partial charge < -0.3 is 14.8 Å². The number of alkyl halides is 3. The molecule has 11 heteroatoms. The van der Waals surface area contributed by atoms with E-state index in [4.69, 9.17) is 9.47 Å². The fraction of sp³-hybridized carbons (Fsp3) is 0.316. The van der Waals surface area contributed by atoms with E-state index < -0.39 is 28.7 Å². The molecule has 0 atom stereocenters. The summed E-state index contributed by atoms with van der Waals surface area (Å²) < 4.78 is 74.0. The number of benzene rings is 2. The molecular formula is C19H19F3N2O5S. The molecule has 1 aliphatic rings. The minimum atomic E-state index is -4.53. The zero-order valence-corrected chi connectivity index (χ0v) is 16.5. The van der Waals surface area contributed by atoms with E-state index in [1.165, 1.54) is 52.8 Å². The normalized spacial score (nSPS) is 15.6. The molecule has 3 rings (SSSR count). The van der Waals surface area contributed by atoms with Crippen molar-refractivity contribution < 1.29 is 35.9 Å². The molecule has 7 nitrogen and oxygen atoms in total. The number of amides is 1.